The molecule has 1 heterocycles. The highest BCUT2D eigenvalue weighted by Crippen LogP contribution is 2.54. The maximum atomic E-state index is 11.5. The van der Waals surface area contributed by atoms with E-state index in [1.165, 1.54) is 0 Å². The van der Waals surface area contributed by atoms with Crippen LogP contribution in [0.4, 0.5) is 0 Å². The van der Waals surface area contributed by atoms with Crippen LogP contribution in [0.25, 0.3) is 0 Å². The van der Waals surface area contributed by atoms with E-state index in [0.29, 0.717) is 19.2 Å². The highest BCUT2D eigenvalue weighted by molar-refractivity contribution is 6.40. The lowest BCUT2D eigenvalue weighted by molar-refractivity contribution is -0.144. The molecule has 0 radical (unpaired) electrons. The number of hydrogen-bond acceptors (Lipinski definition) is 5. The van der Waals surface area contributed by atoms with Crippen molar-refractivity contribution >= 4 is 13.1 Å². The van der Waals surface area contributed by atoms with Crippen LogP contribution < -0.4 is 0 Å². The van der Waals surface area contributed by atoms with E-state index in [-0.39, 0.29) is 12.0 Å². The van der Waals surface area contributed by atoms with E-state index in [4.69, 9.17) is 10.0 Å². The zero-order chi connectivity index (χ0) is 13.5. The molecule has 3 N–H and O–H groups in total. The van der Waals surface area contributed by atoms with Crippen molar-refractivity contribution in [1.29, 1.82) is 0 Å². The van der Waals surface area contributed by atoms with Crippen molar-refractivity contribution in [3.63, 3.8) is 0 Å². The van der Waals surface area contributed by atoms with Crippen LogP contribution in [0.15, 0.2) is 0 Å². The Bertz CT molecular complexity index is 339. The Hall–Kier alpha value is -0.625. The molecule has 1 unspecified atom stereocenters. The minimum absolute atomic E-state index is 0.111. The van der Waals surface area contributed by atoms with Gasteiger partial charge in [-0.15, -0.1) is 0 Å². The van der Waals surface area contributed by atoms with Crippen LogP contribution in [0.2, 0.25) is 6.32 Å². The number of fused-ring (bicyclic) bond motifs is 1. The third-order valence-electron chi connectivity index (χ3n) is 4.27. The third kappa shape index (κ3) is 2.16. The molecule has 1 saturated heterocycles. The number of aliphatic carboxylic acids is 1. The van der Waals surface area contributed by atoms with Gasteiger partial charge in [0.1, 0.15) is 5.54 Å². The molecule has 4 atom stereocenters. The van der Waals surface area contributed by atoms with Crippen molar-refractivity contribution in [3.05, 3.63) is 0 Å². The fraction of sp³-hybridized carbons (Fsp3) is 0.909. The first-order chi connectivity index (χ1) is 8.39. The molecule has 0 bridgehead atoms. The lowest BCUT2D eigenvalue weighted by Crippen LogP contribution is -2.38. The minimum Gasteiger partial charge on any atom is -0.480 e. The fourth-order valence-electron chi connectivity index (χ4n) is 3.50. The highest BCUT2D eigenvalue weighted by Gasteiger charge is 2.71. The van der Waals surface area contributed by atoms with Crippen LogP contribution in [0, 0.1) is 5.92 Å². The van der Waals surface area contributed by atoms with E-state index in [1.54, 1.807) is 0 Å². The van der Waals surface area contributed by atoms with Gasteiger partial charge in [-0.25, -0.2) is 10.0 Å². The highest BCUT2D eigenvalue weighted by atomic mass is 16.4. The van der Waals surface area contributed by atoms with Gasteiger partial charge in [0.2, 0.25) is 0 Å². The van der Waals surface area contributed by atoms with Crippen molar-refractivity contribution in [1.82, 2.24) is 10.0 Å². The molecule has 0 aromatic carbocycles. The summed E-state index contributed by atoms with van der Waals surface area (Å²) in [4.78, 5) is 11.5. The first-order valence-electron chi connectivity index (χ1n) is 6.45. The summed E-state index contributed by atoms with van der Waals surface area (Å²) in [7, 11) is 2.46. The zero-order valence-corrected chi connectivity index (χ0v) is 10.9. The van der Waals surface area contributed by atoms with Gasteiger partial charge < -0.3 is 15.2 Å². The van der Waals surface area contributed by atoms with Gasteiger partial charge in [0.05, 0.1) is 6.04 Å². The Morgan fingerprint density at radius 1 is 1.44 bits per heavy atom. The molecule has 1 saturated carbocycles. The normalized spacial score (nSPS) is 38.4. The molecule has 7 heteroatoms. The van der Waals surface area contributed by atoms with E-state index in [9.17, 15) is 9.90 Å². The van der Waals surface area contributed by atoms with Crippen LogP contribution in [-0.4, -0.2) is 63.9 Å². The van der Waals surface area contributed by atoms with Crippen molar-refractivity contribution in [2.45, 2.75) is 43.6 Å². The molecule has 6 nitrogen and oxygen atoms in total. The van der Waals surface area contributed by atoms with Crippen LogP contribution in [0.5, 0.6) is 0 Å². The van der Waals surface area contributed by atoms with Gasteiger partial charge in [-0.05, 0) is 31.5 Å². The summed E-state index contributed by atoms with van der Waals surface area (Å²) in [6.07, 6.45) is 3.46. The Balaban J connectivity index is 2.02. The predicted molar refractivity (Wildman–Crippen MR) is 66.6 cm³/mol. The van der Waals surface area contributed by atoms with Crippen molar-refractivity contribution in [2.75, 3.05) is 14.1 Å². The van der Waals surface area contributed by atoms with E-state index in [0.717, 1.165) is 12.8 Å². The van der Waals surface area contributed by atoms with Gasteiger partial charge in [0.25, 0.3) is 0 Å². The number of rotatable bonds is 5. The Kier molecular flexibility index (Phi) is 3.69. The molecule has 0 aromatic heterocycles. The lowest BCUT2D eigenvalue weighted by atomic mass is 9.74. The van der Waals surface area contributed by atoms with Gasteiger partial charge in [0, 0.05) is 14.1 Å². The average molecular weight is 256 g/mol. The second-order valence-corrected chi connectivity index (χ2v) is 5.64. The summed E-state index contributed by atoms with van der Waals surface area (Å²) >= 11 is 0. The van der Waals surface area contributed by atoms with Crippen LogP contribution in [0.1, 0.15) is 25.7 Å². The van der Waals surface area contributed by atoms with Crippen molar-refractivity contribution < 1.29 is 19.9 Å². The predicted octanol–water partition coefficient (Wildman–Crippen LogP) is -0.366. The van der Waals surface area contributed by atoms with Crippen LogP contribution in [-0.2, 0) is 4.79 Å². The SMILES string of the molecule is CN(C)[N@]1C2CC[C@@H](CCB(O)O)C[C@]21C(=O)O. The summed E-state index contributed by atoms with van der Waals surface area (Å²) < 4.78 is 0. The zero-order valence-electron chi connectivity index (χ0n) is 10.9. The van der Waals surface area contributed by atoms with Gasteiger partial charge >= 0.3 is 13.1 Å². The number of hydrazine groups is 1. The van der Waals surface area contributed by atoms with Gasteiger partial charge in [-0.1, -0.05) is 6.42 Å². The molecule has 0 aromatic rings. The number of carbonyl (C=O) groups is 1. The van der Waals surface area contributed by atoms with Gasteiger partial charge in [-0.3, -0.25) is 4.79 Å². The Morgan fingerprint density at radius 2 is 2.11 bits per heavy atom. The Labute approximate surface area is 107 Å². The molecule has 2 fully saturated rings. The van der Waals surface area contributed by atoms with E-state index in [1.807, 2.05) is 24.1 Å². The molecule has 18 heavy (non-hydrogen) atoms. The second kappa shape index (κ2) is 4.81. The summed E-state index contributed by atoms with van der Waals surface area (Å²) in [5.41, 5.74) is -0.743. The first-order valence-corrected chi connectivity index (χ1v) is 6.45. The van der Waals surface area contributed by atoms with E-state index < -0.39 is 18.6 Å². The fourth-order valence-corrected chi connectivity index (χ4v) is 3.50. The van der Waals surface area contributed by atoms with E-state index in [2.05, 4.69) is 0 Å². The Morgan fingerprint density at radius 3 is 2.61 bits per heavy atom. The minimum atomic E-state index is -1.28. The number of carboxylic acids is 1. The third-order valence-corrected chi connectivity index (χ3v) is 4.27. The summed E-state index contributed by atoms with van der Waals surface area (Å²) in [6.45, 7) is 0. The molecule has 0 amide bonds. The summed E-state index contributed by atoms with van der Waals surface area (Å²) in [5.74, 6) is -0.487. The lowest BCUT2D eigenvalue weighted by Gasteiger charge is -2.25. The topological polar surface area (TPSA) is 84.0 Å². The second-order valence-electron chi connectivity index (χ2n) is 5.64. The first kappa shape index (κ1) is 13.8. The largest absolute Gasteiger partial charge is 0.480 e. The van der Waals surface area contributed by atoms with Gasteiger partial charge in [-0.2, -0.15) is 0 Å². The quantitative estimate of drug-likeness (QED) is 0.460. The smallest absolute Gasteiger partial charge is 0.451 e. The maximum Gasteiger partial charge on any atom is 0.451 e. The number of carboxylic acid groups (broad SMARTS) is 1. The van der Waals surface area contributed by atoms with Crippen molar-refractivity contribution in [2.24, 2.45) is 5.92 Å². The molecular weight excluding hydrogens is 235 g/mol. The standard InChI is InChI=1S/C11H21BN2O4/c1-13(2)14-9-4-3-8(5-6-12(17)18)7-11(9,14)10(15)16/h8-9,17-18H,3-7H2,1-2H3,(H,15,16)/t8-,9?,11+,14+/m0/s1. The average Bonchev–Trinajstić information content (AvgIpc) is 2.95. The van der Waals surface area contributed by atoms with Crippen LogP contribution >= 0.6 is 0 Å². The molecule has 2 aliphatic rings. The summed E-state index contributed by atoms with van der Waals surface area (Å²) in [5, 5.41) is 31.1. The molecule has 1 aliphatic heterocycles. The van der Waals surface area contributed by atoms with Crippen molar-refractivity contribution in [3.8, 4) is 0 Å². The molecule has 2 rings (SSSR count). The van der Waals surface area contributed by atoms with E-state index >= 15 is 0 Å². The number of hydrogen-bond donors (Lipinski definition) is 3. The summed E-state index contributed by atoms with van der Waals surface area (Å²) in [6, 6.07) is 0.111. The molecular formula is C11H21BN2O4. The molecule has 1 aliphatic carbocycles. The molecule has 102 valence electrons. The van der Waals surface area contributed by atoms with Gasteiger partial charge in [0.15, 0.2) is 0 Å². The van der Waals surface area contributed by atoms with Crippen LogP contribution in [0.3, 0.4) is 0 Å². The molecule has 0 spiro atoms. The number of nitrogens with zero attached hydrogens (tertiary/aromatic N) is 2. The maximum absolute atomic E-state index is 11.5. The monoisotopic (exact) mass is 256 g/mol.